The smallest absolute Gasteiger partial charge is 0.344 e. The number of hydrogen-bond donors (Lipinski definition) is 0. The van der Waals surface area contributed by atoms with Crippen molar-refractivity contribution in [1.82, 2.24) is 0 Å². The summed E-state index contributed by atoms with van der Waals surface area (Å²) < 4.78 is 33.8. The van der Waals surface area contributed by atoms with Gasteiger partial charge in [0, 0.05) is 28.8 Å². The van der Waals surface area contributed by atoms with Gasteiger partial charge >= 0.3 is 11.9 Å². The molecule has 0 aliphatic carbocycles. The molecular weight excluding hydrogens is 499 g/mol. The van der Waals surface area contributed by atoms with Gasteiger partial charge in [-0.05, 0) is 66.7 Å². The first-order chi connectivity index (χ1) is 19.0. The van der Waals surface area contributed by atoms with Crippen LogP contribution in [-0.4, -0.2) is 11.9 Å². The molecule has 0 radical (unpaired) electrons. The van der Waals surface area contributed by atoms with Gasteiger partial charge in [0.05, 0.1) is 5.56 Å². The number of hydrogen-bond acceptors (Lipinski definition) is 6. The van der Waals surface area contributed by atoms with Gasteiger partial charge in [0.2, 0.25) is 0 Å². The molecule has 3 aromatic rings. The quantitative estimate of drug-likeness (QED) is 0.285. The van der Waals surface area contributed by atoms with E-state index in [9.17, 15) is 14.0 Å². The fourth-order valence-electron chi connectivity index (χ4n) is 2.58. The predicted octanol–water partition coefficient (Wildman–Crippen LogP) is 4.68. The summed E-state index contributed by atoms with van der Waals surface area (Å²) in [5.41, 5.74) is 2.01. The zero-order chi connectivity index (χ0) is 27.9. The second-order valence-electron chi connectivity index (χ2n) is 7.11. The molecule has 0 heterocycles. The molecule has 7 heteroatoms. The van der Waals surface area contributed by atoms with E-state index >= 15 is 0 Å². The summed E-state index contributed by atoms with van der Waals surface area (Å²) in [6.07, 6.45) is 10.6. The van der Waals surface area contributed by atoms with Crippen LogP contribution in [0.5, 0.6) is 11.5 Å². The molecule has 0 aliphatic rings. The van der Waals surface area contributed by atoms with E-state index in [-0.39, 0.29) is 5.56 Å². The van der Waals surface area contributed by atoms with Crippen LogP contribution in [0.15, 0.2) is 92.0 Å². The largest absolute Gasteiger partial charge is 0.405 e. The van der Waals surface area contributed by atoms with Crippen molar-refractivity contribution in [2.75, 3.05) is 0 Å². The van der Waals surface area contributed by atoms with Crippen LogP contribution >= 0.6 is 0 Å². The van der Waals surface area contributed by atoms with Crippen LogP contribution in [0.2, 0.25) is 0 Å². The van der Waals surface area contributed by atoms with E-state index < -0.39 is 17.8 Å². The van der Waals surface area contributed by atoms with E-state index in [4.69, 9.17) is 9.47 Å². The van der Waals surface area contributed by atoms with E-state index in [0.29, 0.717) is 28.2 Å². The standard InChI is InChI=1S/C32H17FO6/c1-3-31(34)38-21-19-36-28-15-9-24(10-16-28)5-6-26-8-14-27(30(33)23-26)13-7-25-11-17-29(18-12-25)37-20-22-39-32(35)4-2/h3-4,8-12,14-18,23H,1-2H2. The zero-order valence-corrected chi connectivity index (χ0v) is 20.2. The molecule has 0 unspecified atom stereocenters. The van der Waals surface area contributed by atoms with Crippen LogP contribution in [0.4, 0.5) is 4.39 Å². The molecule has 0 aliphatic heterocycles. The summed E-state index contributed by atoms with van der Waals surface area (Å²) in [6, 6.07) is 17.8. The monoisotopic (exact) mass is 516 g/mol. The van der Waals surface area contributed by atoms with Crippen molar-refractivity contribution in [2.24, 2.45) is 0 Å². The van der Waals surface area contributed by atoms with E-state index in [0.717, 1.165) is 12.2 Å². The normalized spacial score (nSPS) is 8.74. The summed E-state index contributed by atoms with van der Waals surface area (Å²) in [5.74, 6) is 10.5. The number of carbonyl (C=O) groups is 2. The van der Waals surface area contributed by atoms with Crippen LogP contribution < -0.4 is 9.47 Å². The maximum absolute atomic E-state index is 14.6. The molecule has 188 valence electrons. The first-order valence-corrected chi connectivity index (χ1v) is 11.0. The van der Waals surface area contributed by atoms with Crippen LogP contribution in [0.25, 0.3) is 0 Å². The Balaban J connectivity index is 1.58. The topological polar surface area (TPSA) is 71.1 Å². The molecule has 0 bridgehead atoms. The molecule has 0 N–H and O–H groups in total. The lowest BCUT2D eigenvalue weighted by atomic mass is 10.1. The Hall–Kier alpha value is -6.15. The van der Waals surface area contributed by atoms with E-state index in [1.807, 2.05) is 0 Å². The van der Waals surface area contributed by atoms with Crippen molar-refractivity contribution in [3.05, 3.63) is 120 Å². The molecule has 0 amide bonds. The number of esters is 2. The Morgan fingerprint density at radius 3 is 1.51 bits per heavy atom. The maximum atomic E-state index is 14.6. The summed E-state index contributed by atoms with van der Waals surface area (Å²) in [5, 5.41) is 0. The molecule has 0 saturated carbocycles. The van der Waals surface area contributed by atoms with Crippen LogP contribution in [0.1, 0.15) is 22.3 Å². The third-order valence-corrected chi connectivity index (χ3v) is 4.43. The molecular formula is C32H17FO6. The highest BCUT2D eigenvalue weighted by atomic mass is 19.1. The molecule has 6 nitrogen and oxygen atoms in total. The number of benzene rings is 3. The van der Waals surface area contributed by atoms with E-state index in [1.165, 1.54) is 6.07 Å². The Bertz CT molecular complexity index is 1640. The lowest BCUT2D eigenvalue weighted by Gasteiger charge is -1.98. The number of carbonyl (C=O) groups excluding carboxylic acids is 2. The molecule has 3 aromatic carbocycles. The fourth-order valence-corrected chi connectivity index (χ4v) is 2.58. The average Bonchev–Trinajstić information content (AvgIpc) is 2.96. The second-order valence-corrected chi connectivity index (χ2v) is 7.11. The lowest BCUT2D eigenvalue weighted by Crippen LogP contribution is -1.93. The first kappa shape index (κ1) is 27.4. The van der Waals surface area contributed by atoms with Crippen molar-refractivity contribution in [2.45, 2.75) is 0 Å². The minimum Gasteiger partial charge on any atom is -0.405 e. The van der Waals surface area contributed by atoms with Crippen molar-refractivity contribution >= 4 is 11.9 Å². The van der Waals surface area contributed by atoms with Crippen molar-refractivity contribution in [3.8, 4) is 59.6 Å². The summed E-state index contributed by atoms with van der Waals surface area (Å²) in [4.78, 5) is 21.8. The Labute approximate surface area is 224 Å². The molecule has 0 fully saturated rings. The molecule has 0 aromatic heterocycles. The summed E-state index contributed by atoms with van der Waals surface area (Å²) in [7, 11) is 0. The SMILES string of the molecule is C=CC(=O)OC#COc1ccc(C#Cc2ccc(C#Cc3ccc(OC#COC(=O)C=C)cc3)c(F)c2)cc1. The second kappa shape index (κ2) is 14.4. The average molecular weight is 516 g/mol. The number of halogens is 1. The highest BCUT2D eigenvalue weighted by Crippen LogP contribution is 2.14. The van der Waals surface area contributed by atoms with Crippen molar-refractivity contribution < 1.29 is 32.9 Å². The molecule has 0 atom stereocenters. The fraction of sp³-hybridized carbons (Fsp3) is 0. The van der Waals surface area contributed by atoms with Gasteiger partial charge in [0.1, 0.15) is 17.3 Å². The molecule has 3 rings (SSSR count). The third kappa shape index (κ3) is 9.43. The van der Waals surface area contributed by atoms with Crippen LogP contribution in [-0.2, 0) is 19.1 Å². The minimum atomic E-state index is -0.680. The van der Waals surface area contributed by atoms with E-state index in [1.54, 1.807) is 60.7 Å². The van der Waals surface area contributed by atoms with Gasteiger partial charge in [-0.15, -0.1) is 0 Å². The molecule has 0 spiro atoms. The predicted molar refractivity (Wildman–Crippen MR) is 141 cm³/mol. The number of rotatable bonds is 4. The lowest BCUT2D eigenvalue weighted by molar-refractivity contribution is -0.132. The van der Waals surface area contributed by atoms with Gasteiger partial charge in [-0.2, -0.15) is 0 Å². The first-order valence-electron chi connectivity index (χ1n) is 11.0. The van der Waals surface area contributed by atoms with Gasteiger partial charge in [-0.1, -0.05) is 36.8 Å². The Morgan fingerprint density at radius 1 is 0.615 bits per heavy atom. The van der Waals surface area contributed by atoms with Crippen molar-refractivity contribution in [3.63, 3.8) is 0 Å². The summed E-state index contributed by atoms with van der Waals surface area (Å²) >= 11 is 0. The Kier molecular flexibility index (Phi) is 10.1. The van der Waals surface area contributed by atoms with Gasteiger partial charge in [0.25, 0.3) is 0 Å². The van der Waals surface area contributed by atoms with Crippen molar-refractivity contribution in [1.29, 1.82) is 0 Å². The van der Waals surface area contributed by atoms with Crippen LogP contribution in [0.3, 0.4) is 0 Å². The maximum Gasteiger partial charge on any atom is 0.344 e. The third-order valence-electron chi connectivity index (χ3n) is 4.43. The number of ether oxygens (including phenoxy) is 4. The van der Waals surface area contributed by atoms with Gasteiger partial charge in [-0.25, -0.2) is 14.0 Å². The van der Waals surface area contributed by atoms with Crippen LogP contribution in [0, 0.1) is 53.9 Å². The summed E-state index contributed by atoms with van der Waals surface area (Å²) in [6.45, 7) is 6.50. The highest BCUT2D eigenvalue weighted by Gasteiger charge is 2.01. The van der Waals surface area contributed by atoms with Gasteiger partial charge in [-0.3, -0.25) is 0 Å². The van der Waals surface area contributed by atoms with Gasteiger partial charge in [0.15, 0.2) is 24.4 Å². The Morgan fingerprint density at radius 2 is 1.05 bits per heavy atom. The molecule has 0 saturated heterocycles. The zero-order valence-electron chi connectivity index (χ0n) is 20.2. The minimum absolute atomic E-state index is 0.220. The highest BCUT2D eigenvalue weighted by molar-refractivity contribution is 5.82. The molecule has 39 heavy (non-hydrogen) atoms. The van der Waals surface area contributed by atoms with Gasteiger partial charge < -0.3 is 18.9 Å². The van der Waals surface area contributed by atoms with E-state index in [2.05, 4.69) is 70.7 Å².